The van der Waals surface area contributed by atoms with Crippen LogP contribution >= 0.6 is 0 Å². The molecule has 0 amide bonds. The Hall–Kier alpha value is -2.99. The van der Waals surface area contributed by atoms with Crippen molar-refractivity contribution in [1.82, 2.24) is 15.0 Å². The zero-order valence-electron chi connectivity index (χ0n) is 14.5. The van der Waals surface area contributed by atoms with Gasteiger partial charge in [0.05, 0.1) is 18.9 Å². The predicted molar refractivity (Wildman–Crippen MR) is 102 cm³/mol. The minimum atomic E-state index is 0.691. The molecule has 0 unspecified atom stereocenters. The van der Waals surface area contributed by atoms with E-state index in [1.165, 1.54) is 0 Å². The molecule has 1 saturated heterocycles. The largest absolute Gasteiger partial charge is 0.378 e. The minimum absolute atomic E-state index is 0.691. The number of pyridine rings is 1. The normalized spacial score (nSPS) is 14.2. The molecule has 132 valence electrons. The lowest BCUT2D eigenvalue weighted by molar-refractivity contribution is 0.122. The van der Waals surface area contributed by atoms with E-state index in [4.69, 9.17) is 14.7 Å². The fourth-order valence-corrected chi connectivity index (χ4v) is 2.88. The van der Waals surface area contributed by atoms with Crippen LogP contribution in [0.4, 0.5) is 11.8 Å². The first-order valence-corrected chi connectivity index (χ1v) is 8.78. The molecule has 0 saturated carbocycles. The first kappa shape index (κ1) is 16.5. The van der Waals surface area contributed by atoms with Gasteiger partial charge >= 0.3 is 0 Å². The number of ether oxygens (including phenoxy) is 1. The van der Waals surface area contributed by atoms with Crippen LogP contribution in [0.1, 0.15) is 5.56 Å². The van der Waals surface area contributed by atoms with E-state index in [-0.39, 0.29) is 0 Å². The highest BCUT2D eigenvalue weighted by atomic mass is 16.5. The van der Waals surface area contributed by atoms with Crippen molar-refractivity contribution in [3.05, 3.63) is 66.5 Å². The van der Waals surface area contributed by atoms with Gasteiger partial charge in [0, 0.05) is 43.7 Å². The third-order valence-corrected chi connectivity index (χ3v) is 4.30. The van der Waals surface area contributed by atoms with Crippen LogP contribution in [0.5, 0.6) is 0 Å². The van der Waals surface area contributed by atoms with Gasteiger partial charge in [0.25, 0.3) is 0 Å². The summed E-state index contributed by atoms with van der Waals surface area (Å²) in [5, 5.41) is 3.41. The first-order valence-electron chi connectivity index (χ1n) is 8.78. The standard InChI is InChI=1S/C20H21N5O/c1-2-4-17(5-3-1)18-14-19(22-15-16-6-8-21-9-7-16)24-20(23-18)25-10-12-26-13-11-25/h1-9,14H,10-13,15H2,(H,22,23,24). The molecule has 0 bridgehead atoms. The van der Waals surface area contributed by atoms with Crippen LogP contribution in [-0.4, -0.2) is 41.3 Å². The van der Waals surface area contributed by atoms with Crippen LogP contribution in [0.2, 0.25) is 0 Å². The summed E-state index contributed by atoms with van der Waals surface area (Å²) in [4.78, 5) is 15.8. The van der Waals surface area contributed by atoms with Gasteiger partial charge in [-0.1, -0.05) is 30.3 Å². The number of hydrogen-bond acceptors (Lipinski definition) is 6. The zero-order chi connectivity index (χ0) is 17.6. The number of aromatic nitrogens is 3. The maximum absolute atomic E-state index is 5.45. The SMILES string of the molecule is c1ccc(-c2cc(NCc3ccncc3)nc(N3CCOCC3)n2)cc1. The molecule has 0 atom stereocenters. The van der Waals surface area contributed by atoms with Crippen molar-refractivity contribution < 1.29 is 4.74 Å². The average Bonchev–Trinajstić information content (AvgIpc) is 2.74. The molecule has 0 aliphatic carbocycles. The van der Waals surface area contributed by atoms with E-state index in [0.717, 1.165) is 41.7 Å². The van der Waals surface area contributed by atoms with E-state index in [1.54, 1.807) is 12.4 Å². The van der Waals surface area contributed by atoms with Gasteiger partial charge in [-0.3, -0.25) is 4.98 Å². The number of morpholine rings is 1. The Labute approximate surface area is 152 Å². The van der Waals surface area contributed by atoms with E-state index in [9.17, 15) is 0 Å². The topological polar surface area (TPSA) is 63.2 Å². The Morgan fingerprint density at radius 2 is 1.73 bits per heavy atom. The van der Waals surface area contributed by atoms with Crippen molar-refractivity contribution in [2.45, 2.75) is 6.54 Å². The van der Waals surface area contributed by atoms with Crippen molar-refractivity contribution in [1.29, 1.82) is 0 Å². The minimum Gasteiger partial charge on any atom is -0.378 e. The van der Waals surface area contributed by atoms with E-state index >= 15 is 0 Å². The molecule has 0 spiro atoms. The number of benzene rings is 1. The Bertz CT molecular complexity index is 835. The lowest BCUT2D eigenvalue weighted by Gasteiger charge is -2.27. The molecule has 2 aromatic heterocycles. The summed E-state index contributed by atoms with van der Waals surface area (Å²) < 4.78 is 5.45. The van der Waals surface area contributed by atoms with Gasteiger partial charge in [0.1, 0.15) is 5.82 Å². The van der Waals surface area contributed by atoms with Gasteiger partial charge in [0.15, 0.2) is 0 Å². The third-order valence-electron chi connectivity index (χ3n) is 4.30. The predicted octanol–water partition coefficient (Wildman–Crippen LogP) is 2.99. The zero-order valence-corrected chi connectivity index (χ0v) is 14.5. The van der Waals surface area contributed by atoms with Gasteiger partial charge < -0.3 is 15.0 Å². The fraction of sp³-hybridized carbons (Fsp3) is 0.250. The van der Waals surface area contributed by atoms with Gasteiger partial charge in [-0.15, -0.1) is 0 Å². The summed E-state index contributed by atoms with van der Waals surface area (Å²) in [7, 11) is 0. The van der Waals surface area contributed by atoms with Crippen molar-refractivity contribution in [2.24, 2.45) is 0 Å². The Balaban J connectivity index is 1.63. The molecular weight excluding hydrogens is 326 g/mol. The van der Waals surface area contributed by atoms with Crippen LogP contribution in [0.15, 0.2) is 60.9 Å². The molecule has 1 aliphatic heterocycles. The molecule has 26 heavy (non-hydrogen) atoms. The number of rotatable bonds is 5. The summed E-state index contributed by atoms with van der Waals surface area (Å²) in [6, 6.07) is 16.2. The van der Waals surface area contributed by atoms with E-state index < -0.39 is 0 Å². The maximum atomic E-state index is 5.45. The lowest BCUT2D eigenvalue weighted by Crippen LogP contribution is -2.37. The molecule has 1 aliphatic rings. The molecule has 1 aromatic carbocycles. The van der Waals surface area contributed by atoms with Crippen LogP contribution < -0.4 is 10.2 Å². The van der Waals surface area contributed by atoms with Crippen molar-refractivity contribution in [3.63, 3.8) is 0 Å². The number of nitrogens with one attached hydrogen (secondary N) is 1. The van der Waals surface area contributed by atoms with Crippen LogP contribution in [0.3, 0.4) is 0 Å². The molecule has 0 radical (unpaired) electrons. The van der Waals surface area contributed by atoms with Crippen molar-refractivity contribution in [3.8, 4) is 11.3 Å². The van der Waals surface area contributed by atoms with Crippen LogP contribution in [-0.2, 0) is 11.3 Å². The monoisotopic (exact) mass is 347 g/mol. The van der Waals surface area contributed by atoms with Gasteiger partial charge in [0.2, 0.25) is 5.95 Å². The van der Waals surface area contributed by atoms with Crippen LogP contribution in [0.25, 0.3) is 11.3 Å². The molecule has 1 fully saturated rings. The third kappa shape index (κ3) is 3.97. The second-order valence-electron chi connectivity index (χ2n) is 6.11. The summed E-state index contributed by atoms with van der Waals surface area (Å²) in [5.41, 5.74) is 3.16. The smallest absolute Gasteiger partial charge is 0.228 e. The Morgan fingerprint density at radius 3 is 2.50 bits per heavy atom. The van der Waals surface area contributed by atoms with E-state index in [2.05, 4.69) is 27.3 Å². The maximum Gasteiger partial charge on any atom is 0.228 e. The summed E-state index contributed by atoms with van der Waals surface area (Å²) in [6.07, 6.45) is 3.59. The van der Waals surface area contributed by atoms with Gasteiger partial charge in [-0.2, -0.15) is 4.98 Å². The van der Waals surface area contributed by atoms with E-state index in [1.807, 2.05) is 36.4 Å². The Morgan fingerprint density at radius 1 is 0.962 bits per heavy atom. The fourth-order valence-electron chi connectivity index (χ4n) is 2.88. The lowest BCUT2D eigenvalue weighted by atomic mass is 10.1. The summed E-state index contributed by atoms with van der Waals surface area (Å²) in [5.74, 6) is 1.56. The van der Waals surface area contributed by atoms with E-state index in [0.29, 0.717) is 19.8 Å². The molecular formula is C20H21N5O. The molecule has 4 rings (SSSR count). The highest BCUT2D eigenvalue weighted by Gasteiger charge is 2.16. The summed E-state index contributed by atoms with van der Waals surface area (Å²) >= 11 is 0. The number of nitrogens with zero attached hydrogens (tertiary/aromatic N) is 4. The summed E-state index contributed by atoms with van der Waals surface area (Å²) in [6.45, 7) is 3.72. The molecule has 3 heterocycles. The molecule has 1 N–H and O–H groups in total. The quantitative estimate of drug-likeness (QED) is 0.765. The number of anilines is 2. The molecule has 6 heteroatoms. The van der Waals surface area contributed by atoms with Crippen molar-refractivity contribution >= 4 is 11.8 Å². The first-order chi connectivity index (χ1) is 12.9. The van der Waals surface area contributed by atoms with Crippen molar-refractivity contribution in [2.75, 3.05) is 36.5 Å². The van der Waals surface area contributed by atoms with Gasteiger partial charge in [-0.05, 0) is 17.7 Å². The highest BCUT2D eigenvalue weighted by Crippen LogP contribution is 2.23. The molecule has 3 aromatic rings. The average molecular weight is 347 g/mol. The number of hydrogen-bond donors (Lipinski definition) is 1. The highest BCUT2D eigenvalue weighted by molar-refractivity contribution is 5.64. The Kier molecular flexibility index (Phi) is 5.02. The second-order valence-corrected chi connectivity index (χ2v) is 6.11. The van der Waals surface area contributed by atoms with Crippen LogP contribution in [0, 0.1) is 0 Å². The van der Waals surface area contributed by atoms with Gasteiger partial charge in [-0.25, -0.2) is 4.98 Å². The second kappa shape index (κ2) is 7.93. The molecule has 6 nitrogen and oxygen atoms in total.